The topological polar surface area (TPSA) is 103 Å². The van der Waals surface area contributed by atoms with Gasteiger partial charge in [0.25, 0.3) is 5.91 Å². The molecule has 0 spiro atoms. The van der Waals surface area contributed by atoms with Crippen molar-refractivity contribution in [2.45, 2.75) is 39.3 Å². The van der Waals surface area contributed by atoms with Crippen molar-refractivity contribution in [3.8, 4) is 5.75 Å². The summed E-state index contributed by atoms with van der Waals surface area (Å²) >= 11 is 0. The van der Waals surface area contributed by atoms with E-state index in [2.05, 4.69) is 41.4 Å². The zero-order chi connectivity index (χ0) is 20.8. The molecule has 1 atom stereocenters. The van der Waals surface area contributed by atoms with Crippen LogP contribution in [0.5, 0.6) is 5.75 Å². The lowest BCUT2D eigenvalue weighted by atomic mass is 9.99. The first-order chi connectivity index (χ1) is 13.9. The summed E-state index contributed by atoms with van der Waals surface area (Å²) in [5, 5.41) is 6.67. The summed E-state index contributed by atoms with van der Waals surface area (Å²) < 4.78 is 10.6. The number of nitrogens with zero attached hydrogens (tertiary/aromatic N) is 2. The minimum absolute atomic E-state index is 0.114. The first-order valence-electron chi connectivity index (χ1n) is 9.58. The van der Waals surface area contributed by atoms with Crippen molar-refractivity contribution in [1.29, 1.82) is 0 Å². The fourth-order valence-corrected chi connectivity index (χ4v) is 2.87. The predicted octanol–water partition coefficient (Wildman–Crippen LogP) is 3.51. The highest BCUT2D eigenvalue weighted by atomic mass is 16.5. The highest BCUT2D eigenvalue weighted by Gasteiger charge is 2.15. The van der Waals surface area contributed by atoms with Crippen molar-refractivity contribution in [3.63, 3.8) is 0 Å². The quantitative estimate of drug-likeness (QED) is 0.606. The third-order valence-electron chi connectivity index (χ3n) is 4.57. The number of hydrogen-bond donors (Lipinski definition) is 2. The lowest BCUT2D eigenvalue weighted by Gasteiger charge is -2.15. The smallest absolute Gasteiger partial charge is 0.255 e. The molecule has 0 aliphatic heterocycles. The van der Waals surface area contributed by atoms with E-state index in [1.165, 1.54) is 5.56 Å². The molecule has 29 heavy (non-hydrogen) atoms. The second kappa shape index (κ2) is 9.34. The van der Waals surface area contributed by atoms with E-state index in [1.54, 1.807) is 31.2 Å². The van der Waals surface area contributed by atoms with Gasteiger partial charge >= 0.3 is 0 Å². The van der Waals surface area contributed by atoms with Crippen molar-refractivity contribution in [2.24, 2.45) is 5.73 Å². The van der Waals surface area contributed by atoms with Crippen LogP contribution in [0.25, 0.3) is 0 Å². The average molecular weight is 394 g/mol. The van der Waals surface area contributed by atoms with Crippen molar-refractivity contribution in [1.82, 2.24) is 15.5 Å². The maximum Gasteiger partial charge on any atom is 0.255 e. The first kappa shape index (κ1) is 20.5. The molecule has 0 fully saturated rings. The predicted molar refractivity (Wildman–Crippen MR) is 110 cm³/mol. The Morgan fingerprint density at radius 1 is 1.14 bits per heavy atom. The Morgan fingerprint density at radius 2 is 1.83 bits per heavy atom. The minimum atomic E-state index is -0.296. The second-order valence-electron chi connectivity index (χ2n) is 7.15. The summed E-state index contributed by atoms with van der Waals surface area (Å²) in [5.41, 5.74) is 8.91. The fourth-order valence-electron chi connectivity index (χ4n) is 2.87. The van der Waals surface area contributed by atoms with Crippen LogP contribution in [-0.4, -0.2) is 22.6 Å². The van der Waals surface area contributed by atoms with Gasteiger partial charge in [-0.15, -0.1) is 0 Å². The number of carbonyl (C=O) groups excluding carboxylic acids is 1. The van der Waals surface area contributed by atoms with Gasteiger partial charge in [-0.2, -0.15) is 4.98 Å². The van der Waals surface area contributed by atoms with Gasteiger partial charge in [-0.25, -0.2) is 0 Å². The van der Waals surface area contributed by atoms with E-state index >= 15 is 0 Å². The molecule has 1 heterocycles. The first-order valence-corrected chi connectivity index (χ1v) is 9.58. The third kappa shape index (κ3) is 5.42. The molecule has 7 heteroatoms. The Bertz CT molecular complexity index is 951. The van der Waals surface area contributed by atoms with Crippen molar-refractivity contribution >= 4 is 5.91 Å². The van der Waals surface area contributed by atoms with Crippen molar-refractivity contribution in [3.05, 3.63) is 76.9 Å². The largest absolute Gasteiger partial charge is 0.485 e. The number of para-hydroxylation sites is 1. The fraction of sp³-hybridized carbons (Fsp3) is 0.318. The zero-order valence-corrected chi connectivity index (χ0v) is 16.9. The molecule has 3 aromatic rings. The van der Waals surface area contributed by atoms with E-state index < -0.39 is 0 Å². The van der Waals surface area contributed by atoms with Crippen LogP contribution in [0.3, 0.4) is 0 Å². The lowest BCUT2D eigenvalue weighted by molar-refractivity contribution is 0.0946. The molecule has 1 unspecified atom stereocenters. The molecule has 0 saturated carbocycles. The Labute approximate surface area is 170 Å². The molecule has 0 radical (unpaired) electrons. The van der Waals surface area contributed by atoms with E-state index in [9.17, 15) is 4.79 Å². The molecule has 7 nitrogen and oxygen atoms in total. The third-order valence-corrected chi connectivity index (χ3v) is 4.57. The van der Waals surface area contributed by atoms with E-state index in [1.807, 2.05) is 12.1 Å². The molecule has 1 aromatic heterocycles. The molecule has 1 amide bonds. The second-order valence-corrected chi connectivity index (χ2v) is 7.15. The van der Waals surface area contributed by atoms with E-state index in [0.29, 0.717) is 35.5 Å². The highest BCUT2D eigenvalue weighted by molar-refractivity contribution is 5.96. The SMILES string of the molecule is Cc1nc(COc2ccccc2C(=O)NCC(N)c2ccc(C(C)C)cc2)no1. The van der Waals surface area contributed by atoms with Crippen LogP contribution in [0.1, 0.15) is 59.0 Å². The zero-order valence-electron chi connectivity index (χ0n) is 16.9. The molecule has 0 aliphatic carbocycles. The van der Waals surface area contributed by atoms with Gasteiger partial charge in [0.2, 0.25) is 11.7 Å². The number of nitrogens with two attached hydrogens (primary N) is 1. The molecule has 2 aromatic carbocycles. The van der Waals surface area contributed by atoms with Crippen LogP contribution in [-0.2, 0) is 6.61 Å². The number of carbonyl (C=O) groups is 1. The van der Waals surface area contributed by atoms with Crippen LogP contribution in [0.15, 0.2) is 53.1 Å². The van der Waals surface area contributed by atoms with Gasteiger partial charge in [0.05, 0.1) is 5.56 Å². The Balaban J connectivity index is 1.60. The number of nitrogens with one attached hydrogen (secondary N) is 1. The Kier molecular flexibility index (Phi) is 6.61. The number of aromatic nitrogens is 2. The lowest BCUT2D eigenvalue weighted by Crippen LogP contribution is -2.32. The average Bonchev–Trinajstić information content (AvgIpc) is 3.15. The maximum absolute atomic E-state index is 12.7. The number of amides is 1. The van der Waals surface area contributed by atoms with Crippen LogP contribution in [0.2, 0.25) is 0 Å². The van der Waals surface area contributed by atoms with Crippen molar-refractivity contribution < 1.29 is 14.1 Å². The summed E-state index contributed by atoms with van der Waals surface area (Å²) in [6.45, 7) is 6.43. The van der Waals surface area contributed by atoms with Crippen LogP contribution in [0.4, 0.5) is 0 Å². The van der Waals surface area contributed by atoms with Gasteiger partial charge in [0.1, 0.15) is 5.75 Å². The number of rotatable bonds is 8. The standard InChI is InChI=1S/C22H26N4O3/c1-14(2)16-8-10-17(11-9-16)19(23)12-24-22(27)18-6-4-5-7-20(18)28-13-21-25-15(3)29-26-21/h4-11,14,19H,12-13,23H2,1-3H3,(H,24,27). The maximum atomic E-state index is 12.7. The van der Waals surface area contributed by atoms with Gasteiger partial charge in [-0.05, 0) is 29.2 Å². The summed E-state index contributed by atoms with van der Waals surface area (Å²) in [5.74, 6) is 1.55. The van der Waals surface area contributed by atoms with Crippen LogP contribution < -0.4 is 15.8 Å². The van der Waals surface area contributed by atoms with E-state index in [-0.39, 0.29) is 18.6 Å². The van der Waals surface area contributed by atoms with Gasteiger partial charge < -0.3 is 20.3 Å². The van der Waals surface area contributed by atoms with E-state index in [0.717, 1.165) is 5.56 Å². The van der Waals surface area contributed by atoms with Gasteiger partial charge in [-0.3, -0.25) is 4.79 Å². The molecular formula is C22H26N4O3. The molecule has 0 saturated heterocycles. The highest BCUT2D eigenvalue weighted by Crippen LogP contribution is 2.20. The summed E-state index contributed by atoms with van der Waals surface area (Å²) in [4.78, 5) is 16.8. The van der Waals surface area contributed by atoms with E-state index in [4.69, 9.17) is 15.0 Å². The molecule has 3 N–H and O–H groups in total. The Morgan fingerprint density at radius 3 is 2.48 bits per heavy atom. The monoisotopic (exact) mass is 394 g/mol. The summed E-state index contributed by atoms with van der Waals surface area (Å²) in [6.07, 6.45) is 0. The summed E-state index contributed by atoms with van der Waals surface area (Å²) in [6, 6.07) is 14.9. The normalized spacial score (nSPS) is 12.0. The number of benzene rings is 2. The molecular weight excluding hydrogens is 368 g/mol. The number of ether oxygens (including phenoxy) is 1. The van der Waals surface area contributed by atoms with Crippen molar-refractivity contribution in [2.75, 3.05) is 6.54 Å². The van der Waals surface area contributed by atoms with Crippen LogP contribution >= 0.6 is 0 Å². The molecule has 3 rings (SSSR count). The molecule has 0 bridgehead atoms. The molecule has 0 aliphatic rings. The van der Waals surface area contributed by atoms with Gasteiger partial charge in [0.15, 0.2) is 6.61 Å². The minimum Gasteiger partial charge on any atom is -0.485 e. The molecule has 152 valence electrons. The van der Waals surface area contributed by atoms with Gasteiger partial charge in [0, 0.05) is 19.5 Å². The number of hydrogen-bond acceptors (Lipinski definition) is 6. The van der Waals surface area contributed by atoms with Gasteiger partial charge in [-0.1, -0.05) is 55.4 Å². The summed E-state index contributed by atoms with van der Waals surface area (Å²) in [7, 11) is 0. The number of aryl methyl sites for hydroxylation is 1. The van der Waals surface area contributed by atoms with Crippen LogP contribution in [0, 0.1) is 6.92 Å². The Hall–Kier alpha value is -3.19.